The van der Waals surface area contributed by atoms with E-state index in [4.69, 9.17) is 0 Å². The van der Waals surface area contributed by atoms with E-state index in [1.54, 1.807) is 18.4 Å². The second kappa shape index (κ2) is 10.2. The van der Waals surface area contributed by atoms with E-state index in [1.807, 2.05) is 19.0 Å². The molecule has 0 amide bonds. The van der Waals surface area contributed by atoms with E-state index < -0.39 is 0 Å². The summed E-state index contributed by atoms with van der Waals surface area (Å²) in [5.41, 5.74) is 3.51. The predicted molar refractivity (Wildman–Crippen MR) is 118 cm³/mol. The molecule has 0 bridgehead atoms. The van der Waals surface area contributed by atoms with Gasteiger partial charge in [-0.3, -0.25) is 4.99 Å². The first kappa shape index (κ1) is 21.2. The van der Waals surface area contributed by atoms with Gasteiger partial charge in [0.1, 0.15) is 0 Å². The van der Waals surface area contributed by atoms with Crippen molar-refractivity contribution in [1.29, 1.82) is 0 Å². The maximum Gasteiger partial charge on any atom is 0.191 e. The van der Waals surface area contributed by atoms with Crippen molar-refractivity contribution in [3.63, 3.8) is 0 Å². The van der Waals surface area contributed by atoms with Crippen molar-refractivity contribution >= 4 is 62.3 Å². The minimum absolute atomic E-state index is 0. The Balaban J connectivity index is 0.00000288. The van der Waals surface area contributed by atoms with Crippen LogP contribution < -0.4 is 15.5 Å². The molecule has 2 aromatic rings. The first-order valence-electron chi connectivity index (χ1n) is 7.31. The molecule has 0 saturated carbocycles. The highest BCUT2D eigenvalue weighted by molar-refractivity contribution is 14.0. The third-order valence-corrected chi connectivity index (χ3v) is 4.88. The lowest BCUT2D eigenvalue weighted by molar-refractivity contribution is 0.795. The standard InChI is InChI=1S/C16H22BrN5S.HI/c1-11-7-13(17)6-5-12(11)8-19-15(18-2)20-9-14-10-23-16(21-14)22(3)4;/h5-7,10H,8-9H2,1-4H3,(H2,18,19,20);1H. The fraction of sp³-hybridized carbons (Fsp3) is 0.375. The number of hydrogen-bond acceptors (Lipinski definition) is 4. The van der Waals surface area contributed by atoms with Crippen LogP contribution in [0.4, 0.5) is 5.13 Å². The molecule has 1 aromatic heterocycles. The Labute approximate surface area is 173 Å². The molecule has 0 atom stereocenters. The topological polar surface area (TPSA) is 52.6 Å². The minimum Gasteiger partial charge on any atom is -0.354 e. The Bertz CT molecular complexity index is 687. The van der Waals surface area contributed by atoms with E-state index in [2.05, 4.69) is 67.0 Å². The number of nitrogens with one attached hydrogen (secondary N) is 2. The van der Waals surface area contributed by atoms with Gasteiger partial charge in [0.05, 0.1) is 12.2 Å². The molecule has 0 spiro atoms. The Morgan fingerprint density at radius 1 is 1.29 bits per heavy atom. The fourth-order valence-electron chi connectivity index (χ4n) is 2.01. The monoisotopic (exact) mass is 523 g/mol. The van der Waals surface area contributed by atoms with Crippen LogP contribution in [0.15, 0.2) is 33.0 Å². The van der Waals surface area contributed by atoms with Crippen molar-refractivity contribution in [3.05, 3.63) is 44.9 Å². The van der Waals surface area contributed by atoms with E-state index >= 15 is 0 Å². The SMILES string of the molecule is CN=C(NCc1csc(N(C)C)n1)NCc1ccc(Br)cc1C.I. The average molecular weight is 524 g/mol. The maximum absolute atomic E-state index is 4.55. The zero-order chi connectivity index (χ0) is 16.8. The first-order valence-corrected chi connectivity index (χ1v) is 8.98. The van der Waals surface area contributed by atoms with Gasteiger partial charge < -0.3 is 15.5 Å². The molecule has 24 heavy (non-hydrogen) atoms. The van der Waals surface area contributed by atoms with Crippen LogP contribution in [0.5, 0.6) is 0 Å². The number of halogens is 2. The van der Waals surface area contributed by atoms with E-state index in [1.165, 1.54) is 11.1 Å². The molecule has 0 fully saturated rings. The summed E-state index contributed by atoms with van der Waals surface area (Å²) >= 11 is 5.13. The van der Waals surface area contributed by atoms with Crippen molar-refractivity contribution in [1.82, 2.24) is 15.6 Å². The van der Waals surface area contributed by atoms with Gasteiger partial charge in [-0.1, -0.05) is 22.0 Å². The summed E-state index contributed by atoms with van der Waals surface area (Å²) in [6, 6.07) is 6.28. The third-order valence-electron chi connectivity index (χ3n) is 3.33. The highest BCUT2D eigenvalue weighted by Crippen LogP contribution is 2.18. The number of aryl methyl sites for hydroxylation is 1. The van der Waals surface area contributed by atoms with Gasteiger partial charge >= 0.3 is 0 Å². The molecule has 5 nitrogen and oxygen atoms in total. The molecule has 0 aliphatic rings. The number of aliphatic imine (C=N–C) groups is 1. The number of benzene rings is 1. The molecular weight excluding hydrogens is 501 g/mol. The quantitative estimate of drug-likeness (QED) is 0.356. The fourth-order valence-corrected chi connectivity index (χ4v) is 3.25. The van der Waals surface area contributed by atoms with E-state index in [0.717, 1.165) is 27.8 Å². The number of aromatic nitrogens is 1. The van der Waals surface area contributed by atoms with Crippen molar-refractivity contribution in [2.45, 2.75) is 20.0 Å². The van der Waals surface area contributed by atoms with Gasteiger partial charge in [0.2, 0.25) is 0 Å². The molecule has 1 heterocycles. The predicted octanol–water partition coefficient (Wildman–Crippen LogP) is 3.76. The number of guanidine groups is 1. The highest BCUT2D eigenvalue weighted by atomic mass is 127. The lowest BCUT2D eigenvalue weighted by Gasteiger charge is -2.13. The second-order valence-corrected chi connectivity index (χ2v) is 7.12. The minimum atomic E-state index is 0. The largest absolute Gasteiger partial charge is 0.354 e. The van der Waals surface area contributed by atoms with Crippen LogP contribution in [0, 0.1) is 6.92 Å². The summed E-state index contributed by atoms with van der Waals surface area (Å²) in [5, 5.41) is 9.70. The van der Waals surface area contributed by atoms with E-state index in [0.29, 0.717) is 6.54 Å². The van der Waals surface area contributed by atoms with Crippen LogP contribution in [-0.2, 0) is 13.1 Å². The summed E-state index contributed by atoms with van der Waals surface area (Å²) < 4.78 is 1.10. The summed E-state index contributed by atoms with van der Waals surface area (Å²) in [7, 11) is 5.77. The van der Waals surface area contributed by atoms with Crippen molar-refractivity contribution in [2.75, 3.05) is 26.0 Å². The zero-order valence-electron chi connectivity index (χ0n) is 14.3. The smallest absolute Gasteiger partial charge is 0.191 e. The molecule has 2 rings (SSSR count). The second-order valence-electron chi connectivity index (χ2n) is 5.37. The van der Waals surface area contributed by atoms with Crippen molar-refractivity contribution in [3.8, 4) is 0 Å². The van der Waals surface area contributed by atoms with E-state index in [9.17, 15) is 0 Å². The summed E-state index contributed by atoms with van der Waals surface area (Å²) in [4.78, 5) is 10.8. The van der Waals surface area contributed by atoms with Crippen LogP contribution in [-0.4, -0.2) is 32.1 Å². The Morgan fingerprint density at radius 2 is 2.00 bits per heavy atom. The lowest BCUT2D eigenvalue weighted by Crippen LogP contribution is -2.36. The van der Waals surface area contributed by atoms with Gasteiger partial charge in [0.15, 0.2) is 11.1 Å². The van der Waals surface area contributed by atoms with Gasteiger partial charge in [0, 0.05) is 37.5 Å². The highest BCUT2D eigenvalue weighted by Gasteiger charge is 2.05. The number of rotatable bonds is 5. The molecule has 0 aliphatic carbocycles. The molecule has 0 radical (unpaired) electrons. The van der Waals surface area contributed by atoms with E-state index in [-0.39, 0.29) is 24.0 Å². The maximum atomic E-state index is 4.55. The lowest BCUT2D eigenvalue weighted by atomic mass is 10.1. The van der Waals surface area contributed by atoms with Crippen LogP contribution in [0.1, 0.15) is 16.8 Å². The first-order chi connectivity index (χ1) is 11.0. The Hall–Kier alpha value is -0.870. The number of hydrogen-bond donors (Lipinski definition) is 2. The Morgan fingerprint density at radius 3 is 2.58 bits per heavy atom. The van der Waals surface area contributed by atoms with Crippen LogP contribution in [0.25, 0.3) is 0 Å². The number of thiazole rings is 1. The summed E-state index contributed by atoms with van der Waals surface area (Å²) in [6.07, 6.45) is 0. The summed E-state index contributed by atoms with van der Waals surface area (Å²) in [5.74, 6) is 0.770. The van der Waals surface area contributed by atoms with Crippen LogP contribution in [0.3, 0.4) is 0 Å². The van der Waals surface area contributed by atoms with Crippen LogP contribution in [0.2, 0.25) is 0 Å². The molecule has 0 aliphatic heterocycles. The molecule has 2 N–H and O–H groups in total. The van der Waals surface area contributed by atoms with Crippen LogP contribution >= 0.6 is 51.2 Å². The third kappa shape index (κ3) is 6.21. The van der Waals surface area contributed by atoms with Gasteiger partial charge in [-0.05, 0) is 30.2 Å². The number of nitrogens with zero attached hydrogens (tertiary/aromatic N) is 3. The van der Waals surface area contributed by atoms with Gasteiger partial charge in [-0.2, -0.15) is 0 Å². The Kier molecular flexibility index (Phi) is 8.99. The zero-order valence-corrected chi connectivity index (χ0v) is 19.0. The van der Waals surface area contributed by atoms with Gasteiger partial charge in [0.25, 0.3) is 0 Å². The molecular formula is C16H23BrIN5S. The van der Waals surface area contributed by atoms with Gasteiger partial charge in [-0.15, -0.1) is 35.3 Å². The van der Waals surface area contributed by atoms with Gasteiger partial charge in [-0.25, -0.2) is 4.98 Å². The normalized spacial score (nSPS) is 11.0. The molecule has 1 aromatic carbocycles. The molecule has 0 saturated heterocycles. The molecule has 0 unspecified atom stereocenters. The molecule has 8 heteroatoms. The van der Waals surface area contributed by atoms with Crippen molar-refractivity contribution < 1.29 is 0 Å². The van der Waals surface area contributed by atoms with Crippen molar-refractivity contribution in [2.24, 2.45) is 4.99 Å². The average Bonchev–Trinajstić information content (AvgIpc) is 2.98. The number of anilines is 1. The summed E-state index contributed by atoms with van der Waals surface area (Å²) in [6.45, 7) is 3.50. The molecule has 132 valence electrons.